The number of carbonyl (C=O) groups is 3. The number of benzene rings is 3. The van der Waals surface area contributed by atoms with Crippen molar-refractivity contribution in [2.75, 3.05) is 11.7 Å². The van der Waals surface area contributed by atoms with E-state index in [1.165, 1.54) is 24.3 Å². The zero-order valence-corrected chi connectivity index (χ0v) is 18.7. The maximum absolute atomic E-state index is 13.4. The first-order chi connectivity index (χ1) is 17.5. The molecule has 1 fully saturated rings. The van der Waals surface area contributed by atoms with Gasteiger partial charge in [-0.05, 0) is 42.0 Å². The lowest BCUT2D eigenvalue weighted by molar-refractivity contribution is -0.122. The number of ether oxygens (including phenoxy) is 2. The Balaban J connectivity index is 1.39. The molecular formula is C27H18FN3O5. The van der Waals surface area contributed by atoms with Crippen LogP contribution in [0.2, 0.25) is 0 Å². The fraction of sp³-hybridized carbons (Fsp3) is 0.0741. The van der Waals surface area contributed by atoms with E-state index in [1.807, 2.05) is 35.0 Å². The third-order valence-corrected chi connectivity index (χ3v) is 6.10. The Bertz CT molecular complexity index is 1590. The Labute approximate surface area is 204 Å². The topological polar surface area (TPSA) is 89.9 Å². The van der Waals surface area contributed by atoms with Crippen LogP contribution in [0, 0.1) is 5.82 Å². The van der Waals surface area contributed by atoms with Crippen LogP contribution < -0.4 is 19.7 Å². The zero-order valence-electron chi connectivity index (χ0n) is 18.7. The first kappa shape index (κ1) is 21.6. The van der Waals surface area contributed by atoms with E-state index < -0.39 is 17.8 Å². The number of nitrogens with zero attached hydrogens (tertiary/aromatic N) is 2. The summed E-state index contributed by atoms with van der Waals surface area (Å²) in [6.07, 6.45) is 3.30. The third-order valence-electron chi connectivity index (χ3n) is 6.10. The Morgan fingerprint density at radius 1 is 0.944 bits per heavy atom. The van der Waals surface area contributed by atoms with Crippen LogP contribution in [0.3, 0.4) is 0 Å². The van der Waals surface area contributed by atoms with Crippen LogP contribution in [0.5, 0.6) is 11.5 Å². The highest BCUT2D eigenvalue weighted by molar-refractivity contribution is 6.39. The summed E-state index contributed by atoms with van der Waals surface area (Å²) in [5.41, 5.74) is 2.46. The number of barbiturate groups is 1. The Morgan fingerprint density at radius 3 is 2.56 bits per heavy atom. The second kappa shape index (κ2) is 8.38. The van der Waals surface area contributed by atoms with Crippen LogP contribution in [0.4, 0.5) is 14.9 Å². The molecule has 0 spiro atoms. The molecule has 4 amide bonds. The van der Waals surface area contributed by atoms with Crippen LogP contribution in [0.1, 0.15) is 11.1 Å². The van der Waals surface area contributed by atoms with Crippen molar-refractivity contribution in [1.29, 1.82) is 0 Å². The van der Waals surface area contributed by atoms with Crippen molar-refractivity contribution in [1.82, 2.24) is 9.88 Å². The summed E-state index contributed by atoms with van der Waals surface area (Å²) in [4.78, 5) is 39.6. The summed E-state index contributed by atoms with van der Waals surface area (Å²) < 4.78 is 25.9. The minimum Gasteiger partial charge on any atom is -0.454 e. The molecule has 0 aliphatic carbocycles. The molecular weight excluding hydrogens is 465 g/mol. The number of amides is 4. The van der Waals surface area contributed by atoms with Crippen LogP contribution in [-0.2, 0) is 16.1 Å². The normalized spacial score (nSPS) is 16.2. The lowest BCUT2D eigenvalue weighted by Crippen LogP contribution is -2.54. The summed E-state index contributed by atoms with van der Waals surface area (Å²) in [5, 5.41) is 3.06. The molecule has 1 aromatic heterocycles. The molecule has 9 heteroatoms. The SMILES string of the molecule is O=C1NC(=O)N(c2ccc3c(c2)OCO3)C(=O)/C1=C/c1cn(Cc2ccc(F)cc2)c2ccccc12. The molecule has 0 unspecified atom stereocenters. The number of urea groups is 1. The number of halogens is 1. The largest absolute Gasteiger partial charge is 0.454 e. The van der Waals surface area contributed by atoms with Gasteiger partial charge in [-0.1, -0.05) is 30.3 Å². The van der Waals surface area contributed by atoms with Gasteiger partial charge < -0.3 is 14.0 Å². The smallest absolute Gasteiger partial charge is 0.335 e. The number of carbonyl (C=O) groups excluding carboxylic acids is 3. The second-order valence-electron chi connectivity index (χ2n) is 8.35. The van der Waals surface area contributed by atoms with Gasteiger partial charge in [-0.2, -0.15) is 0 Å². The van der Waals surface area contributed by atoms with Crippen molar-refractivity contribution in [2.45, 2.75) is 6.54 Å². The average molecular weight is 483 g/mol. The molecule has 0 saturated carbocycles. The van der Waals surface area contributed by atoms with Gasteiger partial charge in [-0.15, -0.1) is 0 Å². The minimum atomic E-state index is -0.847. The predicted octanol–water partition coefficient (Wildman–Crippen LogP) is 4.22. The fourth-order valence-electron chi connectivity index (χ4n) is 4.38. The van der Waals surface area contributed by atoms with Crippen molar-refractivity contribution in [3.8, 4) is 11.5 Å². The van der Waals surface area contributed by atoms with E-state index in [-0.39, 0.29) is 23.9 Å². The van der Waals surface area contributed by atoms with E-state index >= 15 is 0 Å². The highest BCUT2D eigenvalue weighted by Crippen LogP contribution is 2.36. The Hall–Kier alpha value is -4.92. The minimum absolute atomic E-state index is 0.0462. The quantitative estimate of drug-likeness (QED) is 0.347. The van der Waals surface area contributed by atoms with Crippen molar-refractivity contribution in [3.63, 3.8) is 0 Å². The molecule has 2 aliphatic heterocycles. The number of nitrogens with one attached hydrogen (secondary N) is 1. The molecule has 1 N–H and O–H groups in total. The first-order valence-corrected chi connectivity index (χ1v) is 11.1. The monoisotopic (exact) mass is 483 g/mol. The Kier molecular flexibility index (Phi) is 5.03. The van der Waals surface area contributed by atoms with Gasteiger partial charge in [0.15, 0.2) is 11.5 Å². The summed E-state index contributed by atoms with van der Waals surface area (Å²) in [7, 11) is 0. The molecule has 3 heterocycles. The highest BCUT2D eigenvalue weighted by Gasteiger charge is 2.37. The second-order valence-corrected chi connectivity index (χ2v) is 8.35. The lowest BCUT2D eigenvalue weighted by atomic mass is 10.1. The van der Waals surface area contributed by atoms with E-state index in [1.54, 1.807) is 24.3 Å². The van der Waals surface area contributed by atoms with Crippen molar-refractivity contribution >= 4 is 40.5 Å². The molecule has 178 valence electrons. The van der Waals surface area contributed by atoms with E-state index in [9.17, 15) is 18.8 Å². The van der Waals surface area contributed by atoms with Gasteiger partial charge in [-0.25, -0.2) is 14.1 Å². The van der Waals surface area contributed by atoms with Crippen LogP contribution in [0.15, 0.2) is 78.5 Å². The molecule has 8 nitrogen and oxygen atoms in total. The van der Waals surface area contributed by atoms with E-state index in [0.29, 0.717) is 23.6 Å². The first-order valence-electron chi connectivity index (χ1n) is 11.1. The van der Waals surface area contributed by atoms with E-state index in [2.05, 4.69) is 5.32 Å². The maximum Gasteiger partial charge on any atom is 0.335 e. The predicted molar refractivity (Wildman–Crippen MR) is 129 cm³/mol. The molecule has 6 rings (SSSR count). The van der Waals surface area contributed by atoms with Gasteiger partial charge in [-0.3, -0.25) is 14.9 Å². The molecule has 0 bridgehead atoms. The standard InChI is InChI=1S/C27H18FN3O5/c28-18-7-5-16(6-8-18)13-30-14-17(20-3-1-2-4-22(20)30)11-21-25(32)29-27(34)31(26(21)33)19-9-10-23-24(12-19)36-15-35-23/h1-12,14H,13,15H2,(H,29,32,34)/b21-11+. The lowest BCUT2D eigenvalue weighted by Gasteiger charge is -2.26. The number of fused-ring (bicyclic) bond motifs is 2. The van der Waals surface area contributed by atoms with Crippen molar-refractivity contribution in [3.05, 3.63) is 95.4 Å². The number of imide groups is 2. The highest BCUT2D eigenvalue weighted by atomic mass is 19.1. The van der Waals surface area contributed by atoms with Gasteiger partial charge in [0.25, 0.3) is 11.8 Å². The van der Waals surface area contributed by atoms with Gasteiger partial charge in [0, 0.05) is 35.3 Å². The molecule has 0 radical (unpaired) electrons. The van der Waals surface area contributed by atoms with Gasteiger partial charge in [0.05, 0.1) is 5.69 Å². The number of para-hydroxylation sites is 1. The summed E-state index contributed by atoms with van der Waals surface area (Å²) in [5.74, 6) is -0.941. The van der Waals surface area contributed by atoms with E-state index in [4.69, 9.17) is 9.47 Å². The number of hydrogen-bond donors (Lipinski definition) is 1. The molecule has 4 aromatic rings. The van der Waals surface area contributed by atoms with Gasteiger partial charge in [0.1, 0.15) is 11.4 Å². The zero-order chi connectivity index (χ0) is 24.8. The van der Waals surface area contributed by atoms with Crippen molar-refractivity contribution in [2.24, 2.45) is 0 Å². The van der Waals surface area contributed by atoms with Crippen LogP contribution >= 0.6 is 0 Å². The number of rotatable bonds is 4. The summed E-state index contributed by atoms with van der Waals surface area (Å²) >= 11 is 0. The summed E-state index contributed by atoms with van der Waals surface area (Å²) in [6.45, 7) is 0.510. The van der Waals surface area contributed by atoms with Gasteiger partial charge in [0.2, 0.25) is 6.79 Å². The van der Waals surface area contributed by atoms with Crippen LogP contribution in [-0.4, -0.2) is 29.2 Å². The number of aromatic nitrogens is 1. The number of anilines is 1. The van der Waals surface area contributed by atoms with Crippen molar-refractivity contribution < 1.29 is 28.2 Å². The molecule has 36 heavy (non-hydrogen) atoms. The van der Waals surface area contributed by atoms with E-state index in [0.717, 1.165) is 21.4 Å². The van der Waals surface area contributed by atoms with Crippen LogP contribution in [0.25, 0.3) is 17.0 Å². The van der Waals surface area contributed by atoms with Gasteiger partial charge >= 0.3 is 6.03 Å². The molecule has 0 atom stereocenters. The summed E-state index contributed by atoms with van der Waals surface area (Å²) in [6, 6.07) is 17.6. The Morgan fingerprint density at radius 2 is 1.72 bits per heavy atom. The fourth-order valence-corrected chi connectivity index (χ4v) is 4.38. The third kappa shape index (κ3) is 3.67. The average Bonchev–Trinajstić information content (AvgIpc) is 3.47. The maximum atomic E-state index is 13.4. The molecule has 3 aromatic carbocycles. The molecule has 2 aliphatic rings. The number of hydrogen-bond acceptors (Lipinski definition) is 5. The molecule has 1 saturated heterocycles.